The van der Waals surface area contributed by atoms with Gasteiger partial charge in [-0.3, -0.25) is 43.5 Å². The molecule has 0 aromatic heterocycles. The summed E-state index contributed by atoms with van der Waals surface area (Å²) in [5.41, 5.74) is 27.0. The molecule has 0 spiro atoms. The van der Waals surface area contributed by atoms with Crippen LogP contribution in [0.3, 0.4) is 0 Å². The molecule has 24 heteroatoms. The summed E-state index contributed by atoms with van der Waals surface area (Å²) in [6.07, 6.45) is -0.0624. The predicted octanol–water partition coefficient (Wildman–Crippen LogP) is -5.48. The van der Waals surface area contributed by atoms with E-state index >= 15 is 0 Å². The number of carboxylic acid groups (broad SMARTS) is 2. The molecule has 0 saturated carbocycles. The van der Waals surface area contributed by atoms with E-state index in [1.807, 2.05) is 5.32 Å². The van der Waals surface area contributed by atoms with Crippen LogP contribution in [-0.2, 0) is 38.4 Å². The van der Waals surface area contributed by atoms with Gasteiger partial charge >= 0.3 is 11.9 Å². The quantitative estimate of drug-likeness (QED) is 0.0168. The first kappa shape index (κ1) is 48.6. The first-order valence-electron chi connectivity index (χ1n) is 16.9. The lowest BCUT2D eigenvalue weighted by Gasteiger charge is -2.28. The van der Waals surface area contributed by atoms with Gasteiger partial charge in [0, 0.05) is 18.8 Å². The van der Waals surface area contributed by atoms with E-state index < -0.39 is 103 Å². The van der Waals surface area contributed by atoms with Crippen LogP contribution in [0.2, 0.25) is 0 Å². The maximum Gasteiger partial charge on any atom is 0.326 e. The summed E-state index contributed by atoms with van der Waals surface area (Å²) in [6.45, 7) is 4.27. The van der Waals surface area contributed by atoms with Crippen molar-refractivity contribution in [2.75, 3.05) is 25.4 Å². The number of hydrogen-bond acceptors (Lipinski definition) is 12. The number of guanidine groups is 2. The van der Waals surface area contributed by atoms with Crippen molar-refractivity contribution in [2.24, 2.45) is 44.6 Å². The molecule has 0 heterocycles. The van der Waals surface area contributed by atoms with Crippen molar-refractivity contribution < 1.29 is 48.6 Å². The Balaban J connectivity index is 6.00. The Kier molecular flexibility index (Phi) is 23.0. The zero-order valence-corrected chi connectivity index (χ0v) is 31.4. The highest BCUT2D eigenvalue weighted by Gasteiger charge is 2.33. The van der Waals surface area contributed by atoms with Gasteiger partial charge in [0.05, 0.1) is 19.0 Å². The minimum atomic E-state index is -1.76. The molecule has 18 N–H and O–H groups in total. The van der Waals surface area contributed by atoms with Crippen LogP contribution >= 0.6 is 12.6 Å². The molecule has 7 atom stereocenters. The molecule has 306 valence electrons. The molecular weight excluding hydrogens is 734 g/mol. The lowest BCUT2D eigenvalue weighted by molar-refractivity contribution is -0.147. The zero-order valence-electron chi connectivity index (χ0n) is 30.5. The summed E-state index contributed by atoms with van der Waals surface area (Å²) >= 11 is 4.19. The molecule has 6 amide bonds. The van der Waals surface area contributed by atoms with Crippen LogP contribution < -0.4 is 60.6 Å². The highest BCUT2D eigenvalue weighted by Crippen LogP contribution is 2.11. The second-order valence-corrected chi connectivity index (χ2v) is 12.6. The smallest absolute Gasteiger partial charge is 0.326 e. The molecule has 0 aliphatic heterocycles. The molecule has 0 aliphatic carbocycles. The SMILES string of the molecule is CC[C@H](C)[C@H](NC(=O)[C@H](CS)NC(=O)[C@H](CCCN=C(N)N)NC(=O)[C@H](C)N)C(=O)N[C@@H](CCCN=C(N)N)C(=O)NCC(=O)N[C@@H](CC(=O)O)C(=O)O. The van der Waals surface area contributed by atoms with Gasteiger partial charge in [-0.25, -0.2) is 4.79 Å². The average molecular weight is 790 g/mol. The Morgan fingerprint density at radius 1 is 0.667 bits per heavy atom. The van der Waals surface area contributed by atoms with Gasteiger partial charge in [-0.2, -0.15) is 12.6 Å². The molecule has 0 fully saturated rings. The molecule has 54 heavy (non-hydrogen) atoms. The van der Waals surface area contributed by atoms with Crippen LogP contribution in [-0.4, -0.2) is 131 Å². The van der Waals surface area contributed by atoms with Gasteiger partial charge in [0.2, 0.25) is 35.4 Å². The summed E-state index contributed by atoms with van der Waals surface area (Å²) in [5.74, 6) is -9.07. The van der Waals surface area contributed by atoms with Crippen molar-refractivity contribution in [2.45, 2.75) is 95.5 Å². The number of nitrogens with one attached hydrogen (secondary N) is 6. The number of amides is 6. The van der Waals surface area contributed by atoms with Crippen molar-refractivity contribution in [3.63, 3.8) is 0 Å². The summed E-state index contributed by atoms with van der Waals surface area (Å²) in [7, 11) is 0. The lowest BCUT2D eigenvalue weighted by atomic mass is 9.97. The molecule has 0 aromatic carbocycles. The van der Waals surface area contributed by atoms with Crippen LogP contribution in [0.4, 0.5) is 0 Å². The molecule has 23 nitrogen and oxygen atoms in total. The normalized spacial score (nSPS) is 14.5. The molecule has 0 rings (SSSR count). The van der Waals surface area contributed by atoms with Crippen molar-refractivity contribution >= 4 is 71.9 Å². The number of aliphatic carboxylic acids is 2. The van der Waals surface area contributed by atoms with E-state index in [1.54, 1.807) is 13.8 Å². The van der Waals surface area contributed by atoms with Crippen LogP contribution in [0.5, 0.6) is 0 Å². The third kappa shape index (κ3) is 20.0. The molecular formula is C30H55N13O10S. The van der Waals surface area contributed by atoms with Crippen LogP contribution in [0, 0.1) is 5.92 Å². The number of thiol groups is 1. The number of rotatable bonds is 26. The summed E-state index contributed by atoms with van der Waals surface area (Å²) in [4.78, 5) is 108. The monoisotopic (exact) mass is 789 g/mol. The fourth-order valence-corrected chi connectivity index (χ4v) is 4.70. The Morgan fingerprint density at radius 3 is 1.59 bits per heavy atom. The summed E-state index contributed by atoms with van der Waals surface area (Å²) < 4.78 is 0. The molecule has 0 unspecified atom stereocenters. The minimum absolute atomic E-state index is 0.0546. The van der Waals surface area contributed by atoms with Gasteiger partial charge in [0.25, 0.3) is 0 Å². The van der Waals surface area contributed by atoms with Crippen molar-refractivity contribution in [3.8, 4) is 0 Å². The summed E-state index contributed by atoms with van der Waals surface area (Å²) in [6, 6.07) is -7.69. The first-order valence-corrected chi connectivity index (χ1v) is 17.6. The second kappa shape index (κ2) is 25.6. The van der Waals surface area contributed by atoms with Crippen LogP contribution in [0.1, 0.15) is 59.3 Å². The minimum Gasteiger partial charge on any atom is -0.481 e. The van der Waals surface area contributed by atoms with Gasteiger partial charge in [-0.15, -0.1) is 0 Å². The largest absolute Gasteiger partial charge is 0.481 e. The first-order chi connectivity index (χ1) is 25.2. The maximum absolute atomic E-state index is 13.6. The van der Waals surface area contributed by atoms with Gasteiger partial charge < -0.3 is 70.8 Å². The van der Waals surface area contributed by atoms with E-state index in [-0.39, 0.29) is 56.4 Å². The van der Waals surface area contributed by atoms with Gasteiger partial charge in [-0.1, -0.05) is 20.3 Å². The molecule has 0 radical (unpaired) electrons. The van der Waals surface area contributed by atoms with Crippen molar-refractivity contribution in [1.82, 2.24) is 31.9 Å². The average Bonchev–Trinajstić information content (AvgIpc) is 3.09. The Morgan fingerprint density at radius 2 is 1.15 bits per heavy atom. The highest BCUT2D eigenvalue weighted by atomic mass is 32.1. The number of nitrogens with zero attached hydrogens (tertiary/aromatic N) is 2. The maximum atomic E-state index is 13.6. The third-order valence-electron chi connectivity index (χ3n) is 7.61. The number of carbonyl (C=O) groups excluding carboxylic acids is 6. The topological polar surface area (TPSA) is 404 Å². The predicted molar refractivity (Wildman–Crippen MR) is 199 cm³/mol. The Hall–Kier alpha value is -5.39. The molecule has 0 aromatic rings. The van der Waals surface area contributed by atoms with Gasteiger partial charge in [0.1, 0.15) is 30.2 Å². The second-order valence-electron chi connectivity index (χ2n) is 12.2. The van der Waals surface area contributed by atoms with E-state index in [2.05, 4.69) is 49.2 Å². The number of aliphatic imine (C=N–C) groups is 2. The summed E-state index contributed by atoms with van der Waals surface area (Å²) in [5, 5.41) is 32.5. The standard InChI is InChI=1S/C30H55N13O10S/c1-4-14(2)22(43-26(50)19(13-54)42-25(49)17(40-23(47)15(3)31)8-6-10-37-30(34)35)27(51)41-16(7-5-9-36-29(32)33)24(48)38-12-20(44)39-18(28(52)53)11-21(45)46/h14-19,22,54H,4-13,31H2,1-3H3,(H,38,48)(H,39,44)(H,40,47)(H,41,51)(H,42,49)(H,43,50)(H,45,46)(H,52,53)(H4,32,33,36)(H4,34,35,37)/t14-,15-,16-,17-,18-,19-,22-/m0/s1. The van der Waals surface area contributed by atoms with Crippen LogP contribution in [0.25, 0.3) is 0 Å². The third-order valence-corrected chi connectivity index (χ3v) is 7.98. The van der Waals surface area contributed by atoms with Gasteiger partial charge in [0.15, 0.2) is 11.9 Å². The Bertz CT molecular complexity index is 1370. The fraction of sp³-hybridized carbons (Fsp3) is 0.667. The van der Waals surface area contributed by atoms with Crippen LogP contribution in [0.15, 0.2) is 9.98 Å². The number of carboxylic acids is 2. The van der Waals surface area contributed by atoms with E-state index in [1.165, 1.54) is 6.92 Å². The molecule has 0 bridgehead atoms. The fourth-order valence-electron chi connectivity index (χ4n) is 4.44. The van der Waals surface area contributed by atoms with Gasteiger partial charge in [-0.05, 0) is 38.5 Å². The Labute approximate surface area is 317 Å². The van der Waals surface area contributed by atoms with Crippen molar-refractivity contribution in [3.05, 3.63) is 0 Å². The number of carbonyl (C=O) groups is 8. The number of hydrogen-bond donors (Lipinski definition) is 14. The molecule has 0 saturated heterocycles. The van der Waals surface area contributed by atoms with E-state index in [4.69, 9.17) is 33.8 Å². The zero-order chi connectivity index (χ0) is 41.5. The molecule has 0 aliphatic rings. The van der Waals surface area contributed by atoms with E-state index in [0.29, 0.717) is 6.42 Å². The highest BCUT2D eigenvalue weighted by molar-refractivity contribution is 7.80. The number of nitrogens with two attached hydrogens (primary N) is 5. The van der Waals surface area contributed by atoms with E-state index in [9.17, 15) is 43.5 Å². The lowest BCUT2D eigenvalue weighted by Crippen LogP contribution is -2.60. The van der Waals surface area contributed by atoms with E-state index in [0.717, 1.165) is 0 Å². The van der Waals surface area contributed by atoms with Crippen molar-refractivity contribution in [1.29, 1.82) is 0 Å².